The second-order valence-electron chi connectivity index (χ2n) is 6.74. The van der Waals surface area contributed by atoms with Gasteiger partial charge in [-0.2, -0.15) is 0 Å². The average molecular weight is 428 g/mol. The number of methoxy groups -OCH3 is 1. The quantitative estimate of drug-likeness (QED) is 0.330. The molecule has 0 saturated heterocycles. The van der Waals surface area contributed by atoms with E-state index in [1.54, 1.807) is 13.3 Å². The van der Waals surface area contributed by atoms with Crippen molar-refractivity contribution in [3.63, 3.8) is 0 Å². The minimum atomic E-state index is -0.158. The summed E-state index contributed by atoms with van der Waals surface area (Å²) in [5, 5.41) is 5.78. The van der Waals surface area contributed by atoms with E-state index in [0.717, 1.165) is 33.3 Å². The molecule has 1 amide bonds. The molecule has 31 heavy (non-hydrogen) atoms. The molecule has 4 aromatic rings. The van der Waals surface area contributed by atoms with Gasteiger partial charge in [0.25, 0.3) is 5.91 Å². The molecule has 0 aliphatic heterocycles. The summed E-state index contributed by atoms with van der Waals surface area (Å²) in [5.41, 5.74) is 3.99. The van der Waals surface area contributed by atoms with Crippen molar-refractivity contribution in [2.75, 3.05) is 7.11 Å². The molecule has 0 saturated carbocycles. The molecule has 6 heteroatoms. The van der Waals surface area contributed by atoms with Crippen LogP contribution in [0.1, 0.15) is 16.8 Å². The Bertz CT molecular complexity index is 1170. The molecule has 0 aliphatic rings. The molecule has 0 spiro atoms. The molecule has 4 rings (SSSR count). The molecule has 154 valence electrons. The summed E-state index contributed by atoms with van der Waals surface area (Å²) in [7, 11) is 1.63. The number of benzene rings is 2. The second-order valence-corrected chi connectivity index (χ2v) is 7.60. The smallest absolute Gasteiger partial charge is 0.252 e. The maximum Gasteiger partial charge on any atom is 0.252 e. The molecular formula is C25H21N3O2S. The minimum absolute atomic E-state index is 0.158. The Kier molecular flexibility index (Phi) is 6.50. The van der Waals surface area contributed by atoms with E-state index >= 15 is 0 Å². The van der Waals surface area contributed by atoms with Crippen LogP contribution in [-0.4, -0.2) is 23.0 Å². The molecule has 2 aromatic carbocycles. The van der Waals surface area contributed by atoms with Crippen molar-refractivity contribution in [1.82, 2.24) is 15.3 Å². The van der Waals surface area contributed by atoms with Crippen molar-refractivity contribution in [2.45, 2.75) is 6.54 Å². The highest BCUT2D eigenvalue weighted by Gasteiger charge is 2.13. The van der Waals surface area contributed by atoms with Crippen molar-refractivity contribution in [3.8, 4) is 16.5 Å². The molecule has 2 heterocycles. The van der Waals surface area contributed by atoms with Crippen LogP contribution >= 0.6 is 11.3 Å². The van der Waals surface area contributed by atoms with Gasteiger partial charge in [0.2, 0.25) is 0 Å². The first-order valence-corrected chi connectivity index (χ1v) is 10.7. The molecule has 5 nitrogen and oxygen atoms in total. The van der Waals surface area contributed by atoms with Gasteiger partial charge in [-0.1, -0.05) is 48.5 Å². The zero-order chi connectivity index (χ0) is 21.5. The minimum Gasteiger partial charge on any atom is -0.497 e. The van der Waals surface area contributed by atoms with Gasteiger partial charge in [0.05, 0.1) is 25.0 Å². The third kappa shape index (κ3) is 5.24. The van der Waals surface area contributed by atoms with Crippen LogP contribution in [0.4, 0.5) is 0 Å². The molecule has 0 bridgehead atoms. The second kappa shape index (κ2) is 9.82. The zero-order valence-electron chi connectivity index (χ0n) is 17.0. The van der Waals surface area contributed by atoms with Gasteiger partial charge in [0.1, 0.15) is 10.8 Å². The van der Waals surface area contributed by atoms with E-state index in [0.29, 0.717) is 12.1 Å². The molecule has 0 aliphatic carbocycles. The van der Waals surface area contributed by atoms with Crippen LogP contribution in [0.15, 0.2) is 84.4 Å². The maximum atomic E-state index is 13.1. The lowest BCUT2D eigenvalue weighted by Crippen LogP contribution is -2.24. The monoisotopic (exact) mass is 427 g/mol. The molecule has 0 radical (unpaired) electrons. The van der Waals surface area contributed by atoms with Gasteiger partial charge in [-0.15, -0.1) is 11.3 Å². The van der Waals surface area contributed by atoms with Gasteiger partial charge in [-0.05, 0) is 41.5 Å². The Morgan fingerprint density at radius 2 is 1.81 bits per heavy atom. The molecular weight excluding hydrogens is 406 g/mol. The van der Waals surface area contributed by atoms with E-state index in [2.05, 4.69) is 15.3 Å². The van der Waals surface area contributed by atoms with E-state index in [1.807, 2.05) is 84.3 Å². The Morgan fingerprint density at radius 3 is 2.52 bits per heavy atom. The van der Waals surface area contributed by atoms with Gasteiger partial charge >= 0.3 is 0 Å². The Morgan fingerprint density at radius 1 is 1.03 bits per heavy atom. The molecule has 2 aromatic heterocycles. The van der Waals surface area contributed by atoms with Gasteiger partial charge in [-0.25, -0.2) is 4.98 Å². The Balaban J connectivity index is 1.52. The summed E-state index contributed by atoms with van der Waals surface area (Å²) in [5.74, 6) is 0.615. The van der Waals surface area contributed by atoms with Crippen LogP contribution in [0.5, 0.6) is 5.75 Å². The molecule has 0 unspecified atom stereocenters. The number of amides is 1. The highest BCUT2D eigenvalue weighted by atomic mass is 32.1. The van der Waals surface area contributed by atoms with Gasteiger partial charge in [0, 0.05) is 17.2 Å². The van der Waals surface area contributed by atoms with E-state index in [9.17, 15) is 4.79 Å². The number of nitrogens with one attached hydrogen (secondary N) is 1. The Hall–Kier alpha value is -3.77. The normalized spacial score (nSPS) is 11.2. The number of thiazole rings is 1. The fourth-order valence-corrected chi connectivity index (χ4v) is 3.82. The fraction of sp³-hybridized carbons (Fsp3) is 0.0800. The summed E-state index contributed by atoms with van der Waals surface area (Å²) < 4.78 is 5.22. The first-order valence-electron chi connectivity index (χ1n) is 9.78. The topological polar surface area (TPSA) is 64.1 Å². The van der Waals surface area contributed by atoms with Crippen LogP contribution < -0.4 is 10.1 Å². The number of hydrogen-bond acceptors (Lipinski definition) is 5. The van der Waals surface area contributed by atoms with Crippen molar-refractivity contribution < 1.29 is 9.53 Å². The van der Waals surface area contributed by atoms with Gasteiger partial charge in [0.15, 0.2) is 0 Å². The number of nitrogens with zero attached hydrogens (tertiary/aromatic N) is 2. The first kappa shape index (κ1) is 20.5. The zero-order valence-corrected chi connectivity index (χ0v) is 17.8. The van der Waals surface area contributed by atoms with Gasteiger partial charge in [-0.3, -0.25) is 9.78 Å². The predicted molar refractivity (Wildman–Crippen MR) is 124 cm³/mol. The van der Waals surface area contributed by atoms with E-state index in [-0.39, 0.29) is 5.91 Å². The number of aromatic nitrogens is 2. The van der Waals surface area contributed by atoms with Crippen LogP contribution in [0, 0.1) is 0 Å². The maximum absolute atomic E-state index is 13.1. The molecule has 0 fully saturated rings. The van der Waals surface area contributed by atoms with E-state index in [1.165, 1.54) is 11.3 Å². The third-order valence-electron chi connectivity index (χ3n) is 4.62. The number of ether oxygens (including phenoxy) is 1. The number of carbonyl (C=O) groups is 1. The van der Waals surface area contributed by atoms with Crippen LogP contribution in [0.2, 0.25) is 0 Å². The lowest BCUT2D eigenvalue weighted by Gasteiger charge is -2.09. The average Bonchev–Trinajstić information content (AvgIpc) is 3.32. The summed E-state index contributed by atoms with van der Waals surface area (Å²) >= 11 is 1.51. The van der Waals surface area contributed by atoms with Crippen LogP contribution in [-0.2, 0) is 11.3 Å². The van der Waals surface area contributed by atoms with Crippen molar-refractivity contribution >= 4 is 28.9 Å². The standard InChI is InChI=1S/C25H21N3O2S/c1-30-21-12-10-18(11-13-21)15-22(19-7-3-2-4-8-19)24(29)27-16-20-17-31-25(28-20)23-9-5-6-14-26-23/h2-15,17H,16H2,1H3,(H,27,29)/b22-15+. The number of pyridine rings is 1. The predicted octanol–water partition coefficient (Wildman–Crippen LogP) is 5.07. The number of rotatable bonds is 7. The number of carbonyl (C=O) groups excluding carboxylic acids is 1. The van der Waals surface area contributed by atoms with Crippen molar-refractivity contribution in [1.29, 1.82) is 0 Å². The van der Waals surface area contributed by atoms with E-state index in [4.69, 9.17) is 4.74 Å². The number of hydrogen-bond donors (Lipinski definition) is 1. The summed E-state index contributed by atoms with van der Waals surface area (Å²) in [6.45, 7) is 0.342. The lowest BCUT2D eigenvalue weighted by atomic mass is 10.0. The van der Waals surface area contributed by atoms with Gasteiger partial charge < -0.3 is 10.1 Å². The SMILES string of the molecule is COc1ccc(/C=C(/C(=O)NCc2csc(-c3ccccn3)n2)c2ccccc2)cc1. The fourth-order valence-electron chi connectivity index (χ4n) is 3.03. The van der Waals surface area contributed by atoms with Crippen LogP contribution in [0.3, 0.4) is 0 Å². The largest absolute Gasteiger partial charge is 0.497 e. The first-order chi connectivity index (χ1) is 15.2. The van der Waals surface area contributed by atoms with E-state index < -0.39 is 0 Å². The Labute approximate surface area is 185 Å². The summed E-state index contributed by atoms with van der Waals surface area (Å²) in [6.07, 6.45) is 3.62. The molecule has 0 atom stereocenters. The summed E-state index contributed by atoms with van der Waals surface area (Å²) in [4.78, 5) is 22.0. The lowest BCUT2D eigenvalue weighted by molar-refractivity contribution is -0.115. The van der Waals surface area contributed by atoms with Crippen LogP contribution in [0.25, 0.3) is 22.4 Å². The highest BCUT2D eigenvalue weighted by Crippen LogP contribution is 2.23. The third-order valence-corrected chi connectivity index (χ3v) is 5.54. The highest BCUT2D eigenvalue weighted by molar-refractivity contribution is 7.13. The van der Waals surface area contributed by atoms with Crippen molar-refractivity contribution in [2.24, 2.45) is 0 Å². The van der Waals surface area contributed by atoms with Crippen molar-refractivity contribution in [3.05, 3.63) is 101 Å². The molecule has 1 N–H and O–H groups in total. The summed E-state index contributed by atoms with van der Waals surface area (Å²) in [6, 6.07) is 23.0.